The Kier molecular flexibility index (Phi) is 7.42. The van der Waals surface area contributed by atoms with Crippen molar-refractivity contribution in [2.45, 2.75) is 40.0 Å². The van der Waals surface area contributed by atoms with E-state index in [-0.39, 0.29) is 39.8 Å². The predicted octanol–water partition coefficient (Wildman–Crippen LogP) is 1.27. The minimum Gasteiger partial charge on any atom is -0.335 e. The van der Waals surface area contributed by atoms with Crippen LogP contribution >= 0.6 is 0 Å². The lowest BCUT2D eigenvalue weighted by molar-refractivity contribution is 0.233. The number of nitrogens with zero attached hydrogens (tertiary/aromatic N) is 3. The van der Waals surface area contributed by atoms with Crippen molar-refractivity contribution in [1.82, 2.24) is 13.9 Å². The Balaban J connectivity index is 1.40. The summed E-state index contributed by atoms with van der Waals surface area (Å²) in [6.07, 6.45) is 2.36. The molecular weight excluding hydrogens is 540 g/mol. The van der Waals surface area contributed by atoms with Crippen molar-refractivity contribution < 1.29 is 30.0 Å². The number of benzene rings is 2. The molecular formula is C23H30N4O7S3. The van der Waals surface area contributed by atoms with Gasteiger partial charge in [0.15, 0.2) is 9.84 Å². The van der Waals surface area contributed by atoms with Crippen LogP contribution in [-0.4, -0.2) is 85.9 Å². The zero-order valence-corrected chi connectivity index (χ0v) is 23.2. The van der Waals surface area contributed by atoms with Gasteiger partial charge in [-0.3, -0.25) is 4.90 Å². The average molecular weight is 571 g/mol. The van der Waals surface area contributed by atoms with Gasteiger partial charge < -0.3 is 5.32 Å². The lowest BCUT2D eigenvalue weighted by atomic mass is 10.1. The summed E-state index contributed by atoms with van der Waals surface area (Å²) in [5.41, 5.74) is 1.43. The predicted molar refractivity (Wildman–Crippen MR) is 138 cm³/mol. The number of carbonyl (C=O) groups is 1. The first kappa shape index (κ1) is 27.5. The van der Waals surface area contributed by atoms with E-state index in [4.69, 9.17) is 0 Å². The molecule has 0 spiro atoms. The molecule has 0 aromatic heterocycles. The molecule has 11 nitrogen and oxygen atoms in total. The van der Waals surface area contributed by atoms with Crippen LogP contribution in [0.4, 0.5) is 10.5 Å². The zero-order valence-electron chi connectivity index (χ0n) is 20.8. The molecule has 1 fully saturated rings. The molecule has 0 aliphatic carbocycles. The minimum atomic E-state index is -3.88. The minimum absolute atomic E-state index is 0.0620. The number of amides is 2. The van der Waals surface area contributed by atoms with Crippen LogP contribution in [0.15, 0.2) is 57.2 Å². The lowest BCUT2D eigenvalue weighted by Gasteiger charge is -2.32. The smallest absolute Gasteiger partial charge is 0.322 e. The van der Waals surface area contributed by atoms with E-state index < -0.39 is 29.9 Å². The van der Waals surface area contributed by atoms with Gasteiger partial charge in [0, 0.05) is 51.7 Å². The molecule has 2 amide bonds. The molecule has 0 atom stereocenters. The first-order chi connectivity index (χ1) is 17.2. The molecule has 2 aromatic rings. The van der Waals surface area contributed by atoms with Gasteiger partial charge in [0.2, 0.25) is 20.0 Å². The quantitative estimate of drug-likeness (QED) is 0.551. The molecule has 37 heavy (non-hydrogen) atoms. The monoisotopic (exact) mass is 570 g/mol. The fourth-order valence-electron chi connectivity index (χ4n) is 4.47. The Morgan fingerprint density at radius 1 is 0.892 bits per heavy atom. The molecule has 2 aliphatic rings. The number of nitrogens with one attached hydrogen (secondary N) is 1. The molecule has 0 radical (unpaired) electrons. The van der Waals surface area contributed by atoms with Crippen LogP contribution in [0.25, 0.3) is 0 Å². The van der Waals surface area contributed by atoms with E-state index >= 15 is 0 Å². The summed E-state index contributed by atoms with van der Waals surface area (Å²) in [6.45, 7) is 0.772. The van der Waals surface area contributed by atoms with Crippen LogP contribution in [0.5, 0.6) is 0 Å². The highest BCUT2D eigenvalue weighted by Gasteiger charge is 2.33. The number of sulfone groups is 1. The van der Waals surface area contributed by atoms with Gasteiger partial charge in [0.1, 0.15) is 0 Å². The third-order valence-electron chi connectivity index (χ3n) is 6.62. The molecule has 14 heteroatoms. The summed E-state index contributed by atoms with van der Waals surface area (Å²) < 4.78 is 77.1. The topological polar surface area (TPSA) is 141 Å². The summed E-state index contributed by atoms with van der Waals surface area (Å²) in [5.74, 6) is 0. The standard InChI is InChI=1S/C23H30N4O7S3/c1-25(2)36(31,32)21-7-8-22-17(15-21)9-14-27(22)23(28)24-18-10-12-26(13-11-18)37(33,34)20-6-4-5-19(16-20)35(3,29)30/h4-8,15-16,18H,9-14H2,1-3H3,(H,24,28). The maximum atomic E-state index is 13.1. The Labute approximate surface area is 218 Å². The maximum Gasteiger partial charge on any atom is 0.322 e. The number of anilines is 1. The van der Waals surface area contributed by atoms with Gasteiger partial charge in [-0.25, -0.2) is 34.4 Å². The van der Waals surface area contributed by atoms with E-state index in [0.717, 1.165) is 16.1 Å². The highest BCUT2D eigenvalue weighted by atomic mass is 32.2. The van der Waals surface area contributed by atoms with Gasteiger partial charge in [0.05, 0.1) is 14.7 Å². The fourth-order valence-corrected chi connectivity index (χ4v) is 7.68. The number of hydrogen-bond donors (Lipinski definition) is 1. The number of hydrogen-bond acceptors (Lipinski definition) is 7. The fraction of sp³-hybridized carbons (Fsp3) is 0.435. The van der Waals surface area contributed by atoms with Crippen molar-refractivity contribution in [3.8, 4) is 0 Å². The SMILES string of the molecule is CN(C)S(=O)(=O)c1ccc2c(c1)CCN2C(=O)NC1CCN(S(=O)(=O)c2cccc(S(C)(=O)=O)c2)CC1. The van der Waals surface area contributed by atoms with E-state index in [0.29, 0.717) is 31.5 Å². The second kappa shape index (κ2) is 9.98. The summed E-state index contributed by atoms with van der Waals surface area (Å²) in [7, 11) is -8.08. The summed E-state index contributed by atoms with van der Waals surface area (Å²) in [4.78, 5) is 14.6. The Hall–Kier alpha value is -2.52. The number of urea groups is 1. The van der Waals surface area contributed by atoms with Crippen LogP contribution in [0.3, 0.4) is 0 Å². The Morgan fingerprint density at radius 2 is 1.54 bits per heavy atom. The van der Waals surface area contributed by atoms with Crippen molar-refractivity contribution in [3.63, 3.8) is 0 Å². The third-order valence-corrected chi connectivity index (χ3v) is 11.4. The van der Waals surface area contributed by atoms with E-state index in [1.807, 2.05) is 0 Å². The van der Waals surface area contributed by atoms with E-state index in [9.17, 15) is 30.0 Å². The molecule has 4 rings (SSSR count). The molecule has 2 aliphatic heterocycles. The van der Waals surface area contributed by atoms with Crippen LogP contribution in [0.1, 0.15) is 18.4 Å². The highest BCUT2D eigenvalue weighted by molar-refractivity contribution is 7.91. The summed E-state index contributed by atoms with van der Waals surface area (Å²) in [5, 5.41) is 2.97. The third kappa shape index (κ3) is 5.53. The lowest BCUT2D eigenvalue weighted by Crippen LogP contribution is -2.50. The normalized spacial score (nSPS) is 17.7. The van der Waals surface area contributed by atoms with E-state index in [2.05, 4.69) is 5.32 Å². The molecule has 202 valence electrons. The van der Waals surface area contributed by atoms with Gasteiger partial charge in [-0.15, -0.1) is 0 Å². The number of rotatable bonds is 6. The second-order valence-electron chi connectivity index (χ2n) is 9.35. The number of piperidine rings is 1. The van der Waals surface area contributed by atoms with E-state index in [1.165, 1.54) is 48.7 Å². The van der Waals surface area contributed by atoms with Crippen molar-refractivity contribution in [2.24, 2.45) is 0 Å². The van der Waals surface area contributed by atoms with Gasteiger partial charge in [-0.05, 0) is 61.2 Å². The molecule has 0 bridgehead atoms. The van der Waals surface area contributed by atoms with Crippen molar-refractivity contribution in [2.75, 3.05) is 44.9 Å². The number of carbonyl (C=O) groups excluding carboxylic acids is 1. The molecule has 2 heterocycles. The van der Waals surface area contributed by atoms with Gasteiger partial charge in [-0.2, -0.15) is 4.31 Å². The van der Waals surface area contributed by atoms with Gasteiger partial charge in [0.25, 0.3) is 0 Å². The highest BCUT2D eigenvalue weighted by Crippen LogP contribution is 2.31. The van der Waals surface area contributed by atoms with E-state index in [1.54, 1.807) is 17.0 Å². The van der Waals surface area contributed by atoms with Crippen LogP contribution in [0, 0.1) is 0 Å². The van der Waals surface area contributed by atoms with Crippen molar-refractivity contribution in [3.05, 3.63) is 48.0 Å². The molecule has 1 N–H and O–H groups in total. The number of fused-ring (bicyclic) bond motifs is 1. The van der Waals surface area contributed by atoms with Crippen LogP contribution in [0.2, 0.25) is 0 Å². The Bertz CT molecular complexity index is 1530. The first-order valence-corrected chi connectivity index (χ1v) is 16.4. The second-order valence-corrected chi connectivity index (χ2v) is 15.5. The van der Waals surface area contributed by atoms with Crippen molar-refractivity contribution >= 4 is 41.6 Å². The van der Waals surface area contributed by atoms with Crippen molar-refractivity contribution in [1.29, 1.82) is 0 Å². The first-order valence-electron chi connectivity index (χ1n) is 11.6. The molecule has 2 aromatic carbocycles. The Morgan fingerprint density at radius 3 is 2.16 bits per heavy atom. The molecule has 1 saturated heterocycles. The van der Waals surface area contributed by atoms with Crippen LogP contribution in [-0.2, 0) is 36.3 Å². The van der Waals surface area contributed by atoms with Crippen LogP contribution < -0.4 is 10.2 Å². The van der Waals surface area contributed by atoms with Gasteiger partial charge in [-0.1, -0.05) is 6.07 Å². The molecule has 0 unspecified atom stereocenters. The largest absolute Gasteiger partial charge is 0.335 e. The summed E-state index contributed by atoms with van der Waals surface area (Å²) in [6, 6.07) is 9.47. The van der Waals surface area contributed by atoms with Gasteiger partial charge >= 0.3 is 6.03 Å². The molecule has 0 saturated carbocycles. The summed E-state index contributed by atoms with van der Waals surface area (Å²) >= 11 is 0. The maximum absolute atomic E-state index is 13.1. The zero-order chi connectivity index (χ0) is 27.2. The number of sulfonamides is 2. The average Bonchev–Trinajstić information content (AvgIpc) is 3.27.